The highest BCUT2D eigenvalue weighted by Crippen LogP contribution is 2.29. The molecule has 2 nitrogen and oxygen atoms in total. The van der Waals surface area contributed by atoms with Gasteiger partial charge in [-0.25, -0.2) is 0 Å². The summed E-state index contributed by atoms with van der Waals surface area (Å²) in [7, 11) is 0. The third-order valence-electron chi connectivity index (χ3n) is 3.10. The van der Waals surface area contributed by atoms with Crippen molar-refractivity contribution in [2.45, 2.75) is 37.8 Å². The van der Waals surface area contributed by atoms with Gasteiger partial charge in [-0.3, -0.25) is 0 Å². The Balaban J connectivity index is 0.00000200. The smallest absolute Gasteiger partial charge is 0.428 e. The number of ether oxygens (including phenoxy) is 1. The lowest BCUT2D eigenvalue weighted by molar-refractivity contribution is -0.253. The van der Waals surface area contributed by atoms with Gasteiger partial charge in [-0.2, -0.15) is 17.6 Å². The van der Waals surface area contributed by atoms with Crippen molar-refractivity contribution in [1.82, 2.24) is 5.32 Å². The molecular weight excluding hydrogens is 298 g/mol. The third-order valence-corrected chi connectivity index (χ3v) is 3.10. The van der Waals surface area contributed by atoms with Crippen LogP contribution in [0.3, 0.4) is 0 Å². The molecule has 2 rings (SSSR count). The molecule has 0 spiro atoms. The second kappa shape index (κ2) is 7.13. The lowest BCUT2D eigenvalue weighted by Gasteiger charge is -2.24. The first kappa shape index (κ1) is 17.0. The maximum Gasteiger partial charge on any atom is 0.461 e. The van der Waals surface area contributed by atoms with E-state index in [4.69, 9.17) is 0 Å². The molecule has 0 aliphatic carbocycles. The van der Waals surface area contributed by atoms with Gasteiger partial charge in [0, 0.05) is 6.04 Å². The summed E-state index contributed by atoms with van der Waals surface area (Å²) in [5.74, 6) is -0.259. The summed E-state index contributed by atoms with van der Waals surface area (Å²) in [6, 6.07) is 6.03. The van der Waals surface area contributed by atoms with E-state index in [0.717, 1.165) is 31.4 Å². The van der Waals surface area contributed by atoms with Crippen molar-refractivity contribution in [2.75, 3.05) is 6.54 Å². The Hall–Kier alpha value is -1.01. The zero-order valence-corrected chi connectivity index (χ0v) is 11.4. The molecule has 0 bridgehead atoms. The van der Waals surface area contributed by atoms with E-state index in [-0.39, 0.29) is 24.2 Å². The molecule has 0 amide bonds. The third kappa shape index (κ3) is 4.24. The second-order valence-electron chi connectivity index (χ2n) is 4.54. The molecular formula is C13H16ClF4NO. The average molecular weight is 314 g/mol. The van der Waals surface area contributed by atoms with Gasteiger partial charge in [-0.1, -0.05) is 18.6 Å². The van der Waals surface area contributed by atoms with E-state index in [0.29, 0.717) is 0 Å². The molecule has 7 heteroatoms. The zero-order chi connectivity index (χ0) is 13.9. The van der Waals surface area contributed by atoms with Gasteiger partial charge in [-0.05, 0) is 37.1 Å². The van der Waals surface area contributed by atoms with Gasteiger partial charge in [0.1, 0.15) is 5.75 Å². The summed E-state index contributed by atoms with van der Waals surface area (Å²) < 4.78 is 53.4. The standard InChI is InChI=1S/C13H15F4NO.ClH/c14-12(15)13(16,17)19-10-6-4-9(5-7-10)11-3-1-2-8-18-11;/h4-7,11-12,18H,1-3,8H2;1H/t11-;/m1./s1. The minimum atomic E-state index is -4.45. The SMILES string of the molecule is Cl.FC(F)C(F)(F)Oc1ccc([C@H]2CCCCN2)cc1. The average Bonchev–Trinajstić information content (AvgIpc) is 2.40. The number of halogens is 5. The van der Waals surface area contributed by atoms with E-state index in [9.17, 15) is 17.6 Å². The molecule has 0 unspecified atom stereocenters. The summed E-state index contributed by atoms with van der Waals surface area (Å²) in [5.41, 5.74) is 0.951. The van der Waals surface area contributed by atoms with E-state index in [1.165, 1.54) is 12.1 Å². The fourth-order valence-corrected chi connectivity index (χ4v) is 2.11. The first-order valence-electron chi connectivity index (χ1n) is 6.17. The van der Waals surface area contributed by atoms with Crippen molar-refractivity contribution in [3.8, 4) is 5.75 Å². The molecule has 1 atom stereocenters. The number of hydrogen-bond acceptors (Lipinski definition) is 2. The first-order chi connectivity index (χ1) is 8.99. The van der Waals surface area contributed by atoms with Gasteiger partial charge in [-0.15, -0.1) is 12.4 Å². The number of piperidine rings is 1. The largest absolute Gasteiger partial charge is 0.461 e. The Morgan fingerprint density at radius 1 is 1.15 bits per heavy atom. The number of hydrogen-bond donors (Lipinski definition) is 1. The Bertz CT molecular complexity index is 407. The van der Waals surface area contributed by atoms with Crippen LogP contribution in [0.25, 0.3) is 0 Å². The predicted octanol–water partition coefficient (Wildman–Crippen LogP) is 4.16. The molecule has 1 fully saturated rings. The molecule has 1 aromatic rings. The lowest BCUT2D eigenvalue weighted by Crippen LogP contribution is -2.33. The Kier molecular flexibility index (Phi) is 6.07. The molecule has 1 aliphatic heterocycles. The second-order valence-corrected chi connectivity index (χ2v) is 4.54. The van der Waals surface area contributed by atoms with Crippen molar-refractivity contribution in [1.29, 1.82) is 0 Å². The van der Waals surface area contributed by atoms with Crippen molar-refractivity contribution in [3.05, 3.63) is 29.8 Å². The maximum atomic E-state index is 12.7. The highest BCUT2D eigenvalue weighted by Gasteiger charge is 2.43. The Morgan fingerprint density at radius 3 is 2.30 bits per heavy atom. The van der Waals surface area contributed by atoms with Crippen LogP contribution in [0.4, 0.5) is 17.6 Å². The van der Waals surface area contributed by atoms with Crippen molar-refractivity contribution in [2.24, 2.45) is 0 Å². The number of nitrogens with one attached hydrogen (secondary N) is 1. The van der Waals surface area contributed by atoms with Gasteiger partial charge < -0.3 is 10.1 Å². The van der Waals surface area contributed by atoms with Gasteiger partial charge in [0.05, 0.1) is 0 Å². The van der Waals surface area contributed by atoms with E-state index < -0.39 is 12.5 Å². The van der Waals surface area contributed by atoms with Gasteiger partial charge in [0.15, 0.2) is 0 Å². The van der Waals surface area contributed by atoms with E-state index in [1.807, 2.05) is 0 Å². The molecule has 1 aromatic carbocycles. The summed E-state index contributed by atoms with van der Waals surface area (Å²) in [4.78, 5) is 0. The van der Waals surface area contributed by atoms with Gasteiger partial charge >= 0.3 is 12.5 Å². The van der Waals surface area contributed by atoms with Crippen LogP contribution >= 0.6 is 12.4 Å². The number of benzene rings is 1. The molecule has 1 heterocycles. The molecule has 20 heavy (non-hydrogen) atoms. The molecule has 0 saturated carbocycles. The van der Waals surface area contributed by atoms with Crippen LogP contribution in [-0.2, 0) is 0 Å². The fourth-order valence-electron chi connectivity index (χ4n) is 2.11. The number of rotatable bonds is 4. The van der Waals surface area contributed by atoms with Crippen LogP contribution in [-0.4, -0.2) is 19.1 Å². The van der Waals surface area contributed by atoms with E-state index in [1.54, 1.807) is 12.1 Å². The molecule has 1 aliphatic rings. The van der Waals surface area contributed by atoms with Crippen LogP contribution in [0.1, 0.15) is 30.9 Å². The molecule has 0 aromatic heterocycles. The van der Waals surface area contributed by atoms with Crippen molar-refractivity contribution >= 4 is 12.4 Å². The van der Waals surface area contributed by atoms with Crippen LogP contribution < -0.4 is 10.1 Å². The Morgan fingerprint density at radius 2 is 1.80 bits per heavy atom. The quantitative estimate of drug-likeness (QED) is 0.843. The van der Waals surface area contributed by atoms with Crippen molar-refractivity contribution < 1.29 is 22.3 Å². The van der Waals surface area contributed by atoms with Crippen LogP contribution in [0.2, 0.25) is 0 Å². The highest BCUT2D eigenvalue weighted by molar-refractivity contribution is 5.85. The topological polar surface area (TPSA) is 21.3 Å². The molecule has 0 radical (unpaired) electrons. The molecule has 1 N–H and O–H groups in total. The minimum Gasteiger partial charge on any atom is -0.428 e. The first-order valence-corrected chi connectivity index (χ1v) is 6.17. The van der Waals surface area contributed by atoms with Crippen LogP contribution in [0.15, 0.2) is 24.3 Å². The lowest BCUT2D eigenvalue weighted by atomic mass is 9.98. The molecule has 114 valence electrons. The predicted molar refractivity (Wildman–Crippen MR) is 69.9 cm³/mol. The normalized spacial score (nSPS) is 19.6. The zero-order valence-electron chi connectivity index (χ0n) is 10.6. The summed E-state index contributed by atoms with van der Waals surface area (Å²) in [6.45, 7) is 0.923. The fraction of sp³-hybridized carbons (Fsp3) is 0.538. The highest BCUT2D eigenvalue weighted by atomic mass is 35.5. The minimum absolute atomic E-state index is 0. The van der Waals surface area contributed by atoms with Crippen LogP contribution in [0, 0.1) is 0 Å². The monoisotopic (exact) mass is 313 g/mol. The molecule has 1 saturated heterocycles. The van der Waals surface area contributed by atoms with E-state index in [2.05, 4.69) is 10.1 Å². The number of alkyl halides is 4. The summed E-state index contributed by atoms with van der Waals surface area (Å²) in [6.07, 6.45) is -5.08. The van der Waals surface area contributed by atoms with Gasteiger partial charge in [0.2, 0.25) is 0 Å². The van der Waals surface area contributed by atoms with Crippen molar-refractivity contribution in [3.63, 3.8) is 0 Å². The van der Waals surface area contributed by atoms with E-state index >= 15 is 0 Å². The Labute approximate surface area is 120 Å². The summed E-state index contributed by atoms with van der Waals surface area (Å²) in [5, 5.41) is 3.31. The summed E-state index contributed by atoms with van der Waals surface area (Å²) >= 11 is 0. The van der Waals surface area contributed by atoms with Gasteiger partial charge in [0.25, 0.3) is 0 Å². The van der Waals surface area contributed by atoms with Crippen LogP contribution in [0.5, 0.6) is 5.75 Å². The maximum absolute atomic E-state index is 12.7.